The van der Waals surface area contributed by atoms with Crippen molar-refractivity contribution in [1.29, 1.82) is 0 Å². The minimum Gasteiger partial charge on any atom is -0.339 e. The predicted octanol–water partition coefficient (Wildman–Crippen LogP) is 1.36. The number of likely N-dealkylation sites (tertiary alicyclic amines) is 1. The van der Waals surface area contributed by atoms with Crippen LogP contribution in [-0.4, -0.2) is 71.3 Å². The summed E-state index contributed by atoms with van der Waals surface area (Å²) < 4.78 is 0. The van der Waals surface area contributed by atoms with Gasteiger partial charge in [0.05, 0.1) is 29.7 Å². The molecule has 3 heterocycles. The molecule has 2 aromatic rings. The Morgan fingerprint density at radius 1 is 1.12 bits per heavy atom. The van der Waals surface area contributed by atoms with Gasteiger partial charge in [-0.25, -0.2) is 0 Å². The number of nitrogens with zero attached hydrogens (tertiary/aromatic N) is 4. The van der Waals surface area contributed by atoms with E-state index in [1.54, 1.807) is 16.8 Å². The Morgan fingerprint density at radius 3 is 2.77 bits per heavy atom. The van der Waals surface area contributed by atoms with E-state index in [2.05, 4.69) is 23.1 Å². The van der Waals surface area contributed by atoms with Crippen molar-refractivity contribution in [2.75, 3.05) is 33.7 Å². The number of amides is 2. The lowest BCUT2D eigenvalue weighted by Crippen LogP contribution is -2.53. The highest BCUT2D eigenvalue weighted by atomic mass is 16.2. The summed E-state index contributed by atoms with van der Waals surface area (Å²) in [4.78, 5) is 35.3. The summed E-state index contributed by atoms with van der Waals surface area (Å²) in [5.74, 6) is 0.00692. The molecule has 0 radical (unpaired) electrons. The molecule has 1 aromatic carbocycles. The lowest BCUT2D eigenvalue weighted by Gasteiger charge is -2.40. The van der Waals surface area contributed by atoms with Crippen molar-refractivity contribution >= 4 is 22.7 Å². The van der Waals surface area contributed by atoms with Crippen molar-refractivity contribution in [3.63, 3.8) is 0 Å². The summed E-state index contributed by atoms with van der Waals surface area (Å²) in [7, 11) is 3.55. The summed E-state index contributed by atoms with van der Waals surface area (Å²) in [5.41, 5.74) is 2.02. The van der Waals surface area contributed by atoms with Crippen LogP contribution in [0, 0.1) is 5.92 Å². The Hall–Kier alpha value is -2.47. The maximum absolute atomic E-state index is 12.6. The van der Waals surface area contributed by atoms with E-state index in [9.17, 15) is 9.59 Å². The number of piperidine rings is 1. The van der Waals surface area contributed by atoms with E-state index in [0.717, 1.165) is 36.1 Å². The maximum atomic E-state index is 12.6. The van der Waals surface area contributed by atoms with Gasteiger partial charge >= 0.3 is 0 Å². The van der Waals surface area contributed by atoms with Crippen molar-refractivity contribution in [2.45, 2.75) is 19.0 Å². The van der Waals surface area contributed by atoms with Crippen molar-refractivity contribution in [1.82, 2.24) is 19.7 Å². The number of hydrogen-bond acceptors (Lipinski definition) is 4. The molecule has 2 atom stereocenters. The van der Waals surface area contributed by atoms with Crippen LogP contribution in [0.1, 0.15) is 12.1 Å². The van der Waals surface area contributed by atoms with Crippen LogP contribution in [0.15, 0.2) is 36.4 Å². The fourth-order valence-electron chi connectivity index (χ4n) is 4.11. The predicted molar refractivity (Wildman–Crippen MR) is 99.3 cm³/mol. The molecule has 26 heavy (non-hydrogen) atoms. The van der Waals surface area contributed by atoms with Gasteiger partial charge in [-0.15, -0.1) is 0 Å². The van der Waals surface area contributed by atoms with Gasteiger partial charge in [0.25, 0.3) is 0 Å². The average molecular weight is 352 g/mol. The number of likely N-dealkylation sites (N-methyl/N-ethyl adjacent to an activating group) is 2. The van der Waals surface area contributed by atoms with Crippen LogP contribution < -0.4 is 0 Å². The summed E-state index contributed by atoms with van der Waals surface area (Å²) in [6, 6.07) is 12.2. The first-order valence-electron chi connectivity index (χ1n) is 9.10. The van der Waals surface area contributed by atoms with E-state index in [1.807, 2.05) is 25.2 Å². The number of benzene rings is 1. The second kappa shape index (κ2) is 6.68. The van der Waals surface area contributed by atoms with Crippen LogP contribution in [0.5, 0.6) is 0 Å². The molecule has 2 fully saturated rings. The van der Waals surface area contributed by atoms with Gasteiger partial charge in [0.2, 0.25) is 11.8 Å². The van der Waals surface area contributed by atoms with Crippen LogP contribution >= 0.6 is 0 Å². The molecule has 4 rings (SSSR count). The third kappa shape index (κ3) is 3.05. The Bertz CT molecular complexity index is 853. The summed E-state index contributed by atoms with van der Waals surface area (Å²) in [6.45, 7) is 2.47. The molecule has 2 aliphatic heterocycles. The zero-order valence-corrected chi connectivity index (χ0v) is 15.3. The smallest absolute Gasteiger partial charge is 0.242 e. The number of carbonyl (C=O) groups excluding carboxylic acids is 2. The second-order valence-corrected chi connectivity index (χ2v) is 7.39. The van der Waals surface area contributed by atoms with Gasteiger partial charge in [-0.2, -0.15) is 0 Å². The van der Waals surface area contributed by atoms with Crippen LogP contribution in [-0.2, 0) is 16.1 Å². The van der Waals surface area contributed by atoms with Crippen LogP contribution in [0.25, 0.3) is 10.9 Å². The molecule has 0 saturated carbocycles. The Kier molecular flexibility index (Phi) is 4.36. The minimum atomic E-state index is -0.0998. The van der Waals surface area contributed by atoms with E-state index in [4.69, 9.17) is 4.98 Å². The number of aromatic nitrogens is 1. The molecule has 0 bridgehead atoms. The highest BCUT2D eigenvalue weighted by molar-refractivity contribution is 5.89. The number of hydrogen-bond donors (Lipinski definition) is 0. The topological polar surface area (TPSA) is 56.8 Å². The summed E-state index contributed by atoms with van der Waals surface area (Å²) in [6.07, 6.45) is 0.777. The molecule has 2 amide bonds. The lowest BCUT2D eigenvalue weighted by molar-refractivity contribution is -0.136. The number of para-hydroxylation sites is 1. The summed E-state index contributed by atoms with van der Waals surface area (Å²) >= 11 is 0. The molecular weight excluding hydrogens is 328 g/mol. The van der Waals surface area contributed by atoms with E-state index in [1.165, 1.54) is 0 Å². The van der Waals surface area contributed by atoms with Gasteiger partial charge in [0, 0.05) is 32.6 Å². The molecule has 6 nitrogen and oxygen atoms in total. The highest BCUT2D eigenvalue weighted by Gasteiger charge is 2.42. The van der Waals surface area contributed by atoms with Crippen molar-refractivity contribution < 1.29 is 9.59 Å². The minimum absolute atomic E-state index is 0.0130. The fourth-order valence-corrected chi connectivity index (χ4v) is 4.11. The molecule has 136 valence electrons. The average Bonchev–Trinajstić information content (AvgIpc) is 2.73. The van der Waals surface area contributed by atoms with Crippen LogP contribution in [0.4, 0.5) is 0 Å². The number of pyridine rings is 1. The molecular formula is C20H24N4O2. The van der Waals surface area contributed by atoms with Crippen LogP contribution in [0.2, 0.25) is 0 Å². The third-order valence-electron chi connectivity index (χ3n) is 5.66. The van der Waals surface area contributed by atoms with Gasteiger partial charge in [0.1, 0.15) is 0 Å². The van der Waals surface area contributed by atoms with Gasteiger partial charge in [-0.3, -0.25) is 19.5 Å². The summed E-state index contributed by atoms with van der Waals surface area (Å²) in [5, 5.41) is 1.14. The molecule has 0 aliphatic carbocycles. The molecule has 2 aliphatic rings. The monoisotopic (exact) mass is 352 g/mol. The van der Waals surface area contributed by atoms with Crippen molar-refractivity contribution in [3.8, 4) is 0 Å². The number of fused-ring (bicyclic) bond motifs is 2. The van der Waals surface area contributed by atoms with Gasteiger partial charge in [0.15, 0.2) is 0 Å². The van der Waals surface area contributed by atoms with Gasteiger partial charge < -0.3 is 9.80 Å². The standard InChI is InChI=1S/C20H24N4O2/c1-22-13-19(25)23(2)18-12-24(10-9-16(18)20(22)26)11-15-8-7-14-5-3-4-6-17(14)21-15/h3-8,16,18H,9-13H2,1-2H3/t16-,18+/m0/s1. The molecule has 0 unspecified atom stereocenters. The first-order chi connectivity index (χ1) is 12.5. The molecule has 2 saturated heterocycles. The van der Waals surface area contributed by atoms with E-state index in [-0.39, 0.29) is 30.3 Å². The first-order valence-corrected chi connectivity index (χ1v) is 9.10. The highest BCUT2D eigenvalue weighted by Crippen LogP contribution is 2.27. The molecule has 6 heteroatoms. The van der Waals surface area contributed by atoms with Gasteiger partial charge in [-0.05, 0) is 25.1 Å². The Morgan fingerprint density at radius 2 is 1.92 bits per heavy atom. The van der Waals surface area contributed by atoms with Crippen LogP contribution in [0.3, 0.4) is 0 Å². The second-order valence-electron chi connectivity index (χ2n) is 7.39. The Labute approximate surface area is 153 Å². The molecule has 0 spiro atoms. The lowest BCUT2D eigenvalue weighted by atomic mass is 9.89. The maximum Gasteiger partial charge on any atom is 0.242 e. The van der Waals surface area contributed by atoms with Crippen molar-refractivity contribution in [2.24, 2.45) is 5.92 Å². The normalized spacial score (nSPS) is 24.7. The zero-order chi connectivity index (χ0) is 18.3. The molecule has 1 aromatic heterocycles. The largest absolute Gasteiger partial charge is 0.339 e. The number of carbonyl (C=O) groups is 2. The third-order valence-corrected chi connectivity index (χ3v) is 5.66. The molecule has 0 N–H and O–H groups in total. The number of rotatable bonds is 2. The van der Waals surface area contributed by atoms with Gasteiger partial charge in [-0.1, -0.05) is 24.3 Å². The van der Waals surface area contributed by atoms with E-state index in [0.29, 0.717) is 6.54 Å². The van der Waals surface area contributed by atoms with E-state index >= 15 is 0 Å². The first kappa shape index (κ1) is 17.0. The fraction of sp³-hybridized carbons (Fsp3) is 0.450. The zero-order valence-electron chi connectivity index (χ0n) is 15.3. The SMILES string of the molecule is CN1CC(=O)N(C)[C@@H]2CN(Cc3ccc4ccccc4n3)CC[C@@H]2C1=O. The Balaban J connectivity index is 1.52. The quantitative estimate of drug-likeness (QED) is 0.819. The van der Waals surface area contributed by atoms with E-state index < -0.39 is 0 Å². The van der Waals surface area contributed by atoms with Crippen molar-refractivity contribution in [3.05, 3.63) is 42.1 Å².